The Morgan fingerprint density at radius 2 is 1.70 bits per heavy atom. The van der Waals surface area contributed by atoms with E-state index in [0.717, 1.165) is 17.7 Å². The lowest BCUT2D eigenvalue weighted by Gasteiger charge is -2.08. The number of anilines is 2. The van der Waals surface area contributed by atoms with Crippen molar-refractivity contribution in [3.05, 3.63) is 83.6 Å². The molecule has 2 N–H and O–H groups in total. The zero-order valence-corrected chi connectivity index (χ0v) is 15.1. The van der Waals surface area contributed by atoms with E-state index in [1.165, 1.54) is 24.0 Å². The topological polar surface area (TPSA) is 66.9 Å². The van der Waals surface area contributed by atoms with Crippen LogP contribution < -0.4 is 10.6 Å². The molecule has 0 aliphatic rings. The summed E-state index contributed by atoms with van der Waals surface area (Å²) in [5, 5.41) is 5.99. The highest BCUT2D eigenvalue weighted by Crippen LogP contribution is 2.15. The summed E-state index contributed by atoms with van der Waals surface area (Å²) in [6, 6.07) is 15.9. The maximum absolute atomic E-state index is 12.9. The molecule has 0 spiro atoms. The molecular weight excluding hydrogens is 343 g/mol. The second-order valence-electron chi connectivity index (χ2n) is 6.10. The average Bonchev–Trinajstić information content (AvgIpc) is 2.70. The van der Waals surface area contributed by atoms with Gasteiger partial charge in [-0.25, -0.2) is 14.4 Å². The normalized spacial score (nSPS) is 10.4. The minimum Gasteiger partial charge on any atom is -0.350 e. The Labute approximate surface area is 157 Å². The molecule has 2 aromatic carbocycles. The van der Waals surface area contributed by atoms with Crippen molar-refractivity contribution in [2.75, 3.05) is 11.9 Å². The number of nitrogens with zero attached hydrogens (tertiary/aromatic N) is 2. The number of rotatable bonds is 7. The van der Waals surface area contributed by atoms with Gasteiger partial charge < -0.3 is 10.6 Å². The van der Waals surface area contributed by atoms with Crippen LogP contribution in [0.2, 0.25) is 0 Å². The number of benzene rings is 2. The molecule has 0 bridgehead atoms. The Bertz CT molecular complexity index is 895. The third-order valence-corrected chi connectivity index (χ3v) is 4.15. The number of aromatic nitrogens is 2. The quantitative estimate of drug-likeness (QED) is 0.667. The number of halogens is 1. The molecule has 0 saturated heterocycles. The van der Waals surface area contributed by atoms with Gasteiger partial charge in [0.15, 0.2) is 0 Å². The molecule has 6 heteroatoms. The third kappa shape index (κ3) is 5.34. The van der Waals surface area contributed by atoms with E-state index in [4.69, 9.17) is 0 Å². The van der Waals surface area contributed by atoms with Crippen molar-refractivity contribution in [1.29, 1.82) is 0 Å². The van der Waals surface area contributed by atoms with Crippen LogP contribution in [0.15, 0.2) is 60.9 Å². The first kappa shape index (κ1) is 18.5. The molecule has 0 saturated carbocycles. The van der Waals surface area contributed by atoms with Crippen molar-refractivity contribution in [2.45, 2.75) is 19.8 Å². The minimum absolute atomic E-state index is 0.270. The van der Waals surface area contributed by atoms with Crippen LogP contribution in [0.5, 0.6) is 0 Å². The highest BCUT2D eigenvalue weighted by Gasteiger charge is 2.08. The van der Waals surface area contributed by atoms with Crippen molar-refractivity contribution in [3.8, 4) is 0 Å². The van der Waals surface area contributed by atoms with E-state index < -0.39 is 0 Å². The number of carbonyl (C=O) groups is 1. The zero-order chi connectivity index (χ0) is 19.1. The van der Waals surface area contributed by atoms with Crippen molar-refractivity contribution in [2.24, 2.45) is 0 Å². The van der Waals surface area contributed by atoms with E-state index in [9.17, 15) is 9.18 Å². The number of amides is 1. The summed E-state index contributed by atoms with van der Waals surface area (Å²) in [7, 11) is 0. The van der Waals surface area contributed by atoms with Crippen LogP contribution in [0.3, 0.4) is 0 Å². The van der Waals surface area contributed by atoms with Crippen molar-refractivity contribution < 1.29 is 9.18 Å². The van der Waals surface area contributed by atoms with Gasteiger partial charge in [0.2, 0.25) is 0 Å². The average molecular weight is 364 g/mol. The maximum atomic E-state index is 12.9. The van der Waals surface area contributed by atoms with Gasteiger partial charge in [-0.2, -0.15) is 0 Å². The Kier molecular flexibility index (Phi) is 6.10. The van der Waals surface area contributed by atoms with Crippen LogP contribution in [0.25, 0.3) is 0 Å². The second kappa shape index (κ2) is 8.89. The van der Waals surface area contributed by atoms with Crippen molar-refractivity contribution >= 4 is 17.4 Å². The van der Waals surface area contributed by atoms with Crippen LogP contribution >= 0.6 is 0 Å². The SMILES string of the molecule is CCc1ccc(Nc2cc(C(=O)NCCc3ccc(F)cc3)ncn2)cc1. The maximum Gasteiger partial charge on any atom is 0.270 e. The number of nitrogens with one attached hydrogen (secondary N) is 2. The standard InChI is InChI=1S/C21H21FN4O/c1-2-15-5-9-18(10-6-15)26-20-13-19(24-14-25-20)21(27)23-12-11-16-3-7-17(22)8-4-16/h3-10,13-14H,2,11-12H2,1H3,(H,23,27)(H,24,25,26). The second-order valence-corrected chi connectivity index (χ2v) is 6.10. The van der Waals surface area contributed by atoms with Crippen molar-refractivity contribution in [3.63, 3.8) is 0 Å². The van der Waals surface area contributed by atoms with Gasteiger partial charge in [-0.3, -0.25) is 4.79 Å². The first-order valence-corrected chi connectivity index (χ1v) is 8.84. The molecule has 0 aliphatic carbocycles. The number of hydrogen-bond acceptors (Lipinski definition) is 4. The van der Waals surface area contributed by atoms with Crippen LogP contribution in [0.4, 0.5) is 15.9 Å². The predicted octanol–water partition coefficient (Wildman–Crippen LogP) is 3.89. The zero-order valence-electron chi connectivity index (χ0n) is 15.1. The smallest absolute Gasteiger partial charge is 0.270 e. The largest absolute Gasteiger partial charge is 0.350 e. The summed E-state index contributed by atoms with van der Waals surface area (Å²) in [5.74, 6) is 0.00922. The molecular formula is C21H21FN4O. The molecule has 138 valence electrons. The predicted molar refractivity (Wildman–Crippen MR) is 104 cm³/mol. The molecule has 0 fully saturated rings. The van der Waals surface area contributed by atoms with Gasteiger partial charge in [-0.15, -0.1) is 0 Å². The Balaban J connectivity index is 1.56. The summed E-state index contributed by atoms with van der Waals surface area (Å²) >= 11 is 0. The number of aryl methyl sites for hydroxylation is 1. The number of hydrogen-bond donors (Lipinski definition) is 2. The third-order valence-electron chi connectivity index (χ3n) is 4.15. The van der Waals surface area contributed by atoms with E-state index in [0.29, 0.717) is 18.8 Å². The summed E-state index contributed by atoms with van der Waals surface area (Å²) < 4.78 is 12.9. The van der Waals surface area contributed by atoms with Gasteiger partial charge in [-0.05, 0) is 48.2 Å². The molecule has 1 heterocycles. The fraction of sp³-hybridized carbons (Fsp3) is 0.190. The molecule has 1 aromatic heterocycles. The highest BCUT2D eigenvalue weighted by molar-refractivity contribution is 5.92. The molecule has 27 heavy (non-hydrogen) atoms. The Morgan fingerprint density at radius 1 is 1.00 bits per heavy atom. The highest BCUT2D eigenvalue weighted by atomic mass is 19.1. The molecule has 0 unspecified atom stereocenters. The summed E-state index contributed by atoms with van der Waals surface area (Å²) in [6.45, 7) is 2.55. The lowest BCUT2D eigenvalue weighted by molar-refractivity contribution is 0.0949. The van der Waals surface area contributed by atoms with Gasteiger partial charge in [0.25, 0.3) is 5.91 Å². The van der Waals surface area contributed by atoms with Gasteiger partial charge in [-0.1, -0.05) is 31.2 Å². The molecule has 3 rings (SSSR count). The molecule has 1 amide bonds. The van der Waals surface area contributed by atoms with E-state index in [1.54, 1.807) is 18.2 Å². The van der Waals surface area contributed by atoms with Gasteiger partial charge >= 0.3 is 0 Å². The fourth-order valence-corrected chi connectivity index (χ4v) is 2.58. The molecule has 0 aliphatic heterocycles. The van der Waals surface area contributed by atoms with Gasteiger partial charge in [0.1, 0.15) is 23.7 Å². The van der Waals surface area contributed by atoms with E-state index in [-0.39, 0.29) is 17.4 Å². The first-order valence-electron chi connectivity index (χ1n) is 8.84. The van der Waals surface area contributed by atoms with E-state index >= 15 is 0 Å². The van der Waals surface area contributed by atoms with Crippen molar-refractivity contribution in [1.82, 2.24) is 15.3 Å². The lowest BCUT2D eigenvalue weighted by atomic mass is 10.1. The van der Waals surface area contributed by atoms with Crippen LogP contribution in [-0.2, 0) is 12.8 Å². The summed E-state index contributed by atoms with van der Waals surface area (Å²) in [4.78, 5) is 20.5. The Morgan fingerprint density at radius 3 is 2.41 bits per heavy atom. The van der Waals surface area contributed by atoms with Gasteiger partial charge in [0.05, 0.1) is 0 Å². The lowest BCUT2D eigenvalue weighted by Crippen LogP contribution is -2.26. The molecule has 0 radical (unpaired) electrons. The molecule has 0 atom stereocenters. The van der Waals surface area contributed by atoms with Crippen LogP contribution in [-0.4, -0.2) is 22.4 Å². The Hall–Kier alpha value is -3.28. The molecule has 3 aromatic rings. The van der Waals surface area contributed by atoms with E-state index in [2.05, 4.69) is 27.5 Å². The summed E-state index contributed by atoms with van der Waals surface area (Å²) in [6.07, 6.45) is 2.96. The molecule has 5 nitrogen and oxygen atoms in total. The van der Waals surface area contributed by atoms with Crippen LogP contribution in [0.1, 0.15) is 28.5 Å². The first-order chi connectivity index (χ1) is 13.1. The number of carbonyl (C=O) groups excluding carboxylic acids is 1. The monoisotopic (exact) mass is 364 g/mol. The summed E-state index contributed by atoms with van der Waals surface area (Å²) in [5.41, 5.74) is 3.40. The van der Waals surface area contributed by atoms with Crippen LogP contribution in [0, 0.1) is 5.82 Å². The van der Waals surface area contributed by atoms with E-state index in [1.807, 2.05) is 24.3 Å². The van der Waals surface area contributed by atoms with Gasteiger partial charge in [0, 0.05) is 18.3 Å². The minimum atomic E-state index is -0.274. The fourth-order valence-electron chi connectivity index (χ4n) is 2.58.